The zero-order chi connectivity index (χ0) is 12.8. The molecule has 2 heterocycles. The number of rotatable bonds is 2. The number of nitrogens with two attached hydrogens (primary N) is 1. The van der Waals surface area contributed by atoms with Crippen LogP contribution in [0.3, 0.4) is 0 Å². The van der Waals surface area contributed by atoms with Crippen molar-refractivity contribution in [3.8, 4) is 0 Å². The maximum Gasteiger partial charge on any atom is 0.242 e. The molecule has 1 aromatic rings. The Morgan fingerprint density at radius 3 is 2.56 bits per heavy atom. The fourth-order valence-corrected chi connectivity index (χ4v) is 3.11. The number of aryl methyl sites for hydroxylation is 1. The second kappa shape index (κ2) is 4.20. The third-order valence-corrected chi connectivity index (χ3v) is 4.68. The molecule has 0 radical (unpaired) electrons. The first-order valence-electron chi connectivity index (χ1n) is 6.34. The van der Waals surface area contributed by atoms with E-state index in [4.69, 9.17) is 5.73 Å². The van der Waals surface area contributed by atoms with Crippen LogP contribution in [-0.4, -0.2) is 47.5 Å². The third-order valence-electron chi connectivity index (χ3n) is 3.66. The number of piperazine rings is 1. The molecule has 6 heteroatoms. The number of carbonyl (C=O) groups excluding carboxylic acids is 1. The van der Waals surface area contributed by atoms with Gasteiger partial charge >= 0.3 is 0 Å². The van der Waals surface area contributed by atoms with Gasteiger partial charge in [-0.05, 0) is 19.8 Å². The van der Waals surface area contributed by atoms with E-state index in [1.54, 1.807) is 11.3 Å². The van der Waals surface area contributed by atoms with Gasteiger partial charge in [0, 0.05) is 31.6 Å². The maximum atomic E-state index is 12.1. The number of hydrogen-bond donors (Lipinski definition) is 1. The number of hydrogen-bond acceptors (Lipinski definition) is 5. The molecule has 98 valence electrons. The summed E-state index contributed by atoms with van der Waals surface area (Å²) in [6.45, 7) is 5.24. The predicted octanol–water partition coefficient (Wildman–Crippen LogP) is 0.591. The van der Waals surface area contributed by atoms with Crippen LogP contribution in [0.15, 0.2) is 5.38 Å². The van der Waals surface area contributed by atoms with Gasteiger partial charge in [-0.3, -0.25) is 4.79 Å². The first kappa shape index (κ1) is 11.9. The van der Waals surface area contributed by atoms with Crippen LogP contribution in [0, 0.1) is 6.92 Å². The number of carbonyl (C=O) groups is 1. The lowest BCUT2D eigenvalue weighted by molar-refractivity contribution is -0.133. The smallest absolute Gasteiger partial charge is 0.242 e. The average Bonchev–Trinajstić information content (AvgIpc) is 2.98. The van der Waals surface area contributed by atoms with Gasteiger partial charge in [-0.1, -0.05) is 0 Å². The summed E-state index contributed by atoms with van der Waals surface area (Å²) in [7, 11) is 0. The van der Waals surface area contributed by atoms with Gasteiger partial charge in [0.1, 0.15) is 0 Å². The number of nitrogens with zero attached hydrogens (tertiary/aromatic N) is 3. The molecule has 0 unspecified atom stereocenters. The standard InChI is InChI=1S/C12H18N4OS/c1-9-8-18-11(14-9)16-6-4-15(5-7-16)10(17)12(13)2-3-12/h8H,2-7,13H2,1H3. The summed E-state index contributed by atoms with van der Waals surface area (Å²) in [5.74, 6) is 0.137. The highest BCUT2D eigenvalue weighted by Gasteiger charge is 2.48. The molecule has 2 fully saturated rings. The number of aromatic nitrogens is 1. The van der Waals surface area contributed by atoms with E-state index in [2.05, 4.69) is 15.3 Å². The van der Waals surface area contributed by atoms with E-state index in [0.29, 0.717) is 0 Å². The molecule has 1 aliphatic carbocycles. The molecule has 0 bridgehead atoms. The normalized spacial score (nSPS) is 22.1. The minimum Gasteiger partial charge on any atom is -0.345 e. The van der Waals surface area contributed by atoms with Gasteiger partial charge in [0.25, 0.3) is 0 Å². The van der Waals surface area contributed by atoms with Gasteiger partial charge in [0.2, 0.25) is 5.91 Å². The highest BCUT2D eigenvalue weighted by atomic mass is 32.1. The van der Waals surface area contributed by atoms with Crippen LogP contribution in [-0.2, 0) is 4.79 Å². The van der Waals surface area contributed by atoms with Crippen LogP contribution in [0.25, 0.3) is 0 Å². The van der Waals surface area contributed by atoms with Gasteiger partial charge in [0.15, 0.2) is 5.13 Å². The van der Waals surface area contributed by atoms with Crippen molar-refractivity contribution >= 4 is 22.4 Å². The highest BCUT2D eigenvalue weighted by Crippen LogP contribution is 2.34. The van der Waals surface area contributed by atoms with Crippen molar-refractivity contribution in [1.82, 2.24) is 9.88 Å². The Balaban J connectivity index is 1.59. The van der Waals surface area contributed by atoms with E-state index < -0.39 is 5.54 Å². The minimum atomic E-state index is -0.528. The maximum absolute atomic E-state index is 12.1. The zero-order valence-electron chi connectivity index (χ0n) is 10.6. The molecule has 5 nitrogen and oxygen atoms in total. The van der Waals surface area contributed by atoms with Gasteiger partial charge < -0.3 is 15.5 Å². The van der Waals surface area contributed by atoms with Gasteiger partial charge in [-0.25, -0.2) is 4.98 Å². The van der Waals surface area contributed by atoms with Gasteiger partial charge in [-0.2, -0.15) is 0 Å². The molecule has 1 aliphatic heterocycles. The lowest BCUT2D eigenvalue weighted by atomic mass is 10.2. The van der Waals surface area contributed by atoms with Crippen molar-refractivity contribution in [2.45, 2.75) is 25.3 Å². The molecule has 18 heavy (non-hydrogen) atoms. The van der Waals surface area contributed by atoms with E-state index >= 15 is 0 Å². The van der Waals surface area contributed by atoms with Crippen LogP contribution < -0.4 is 10.6 Å². The van der Waals surface area contributed by atoms with Crippen LogP contribution in [0.2, 0.25) is 0 Å². The summed E-state index contributed by atoms with van der Waals surface area (Å²) < 4.78 is 0. The quantitative estimate of drug-likeness (QED) is 0.851. The topological polar surface area (TPSA) is 62.5 Å². The van der Waals surface area contributed by atoms with Crippen molar-refractivity contribution in [2.75, 3.05) is 31.1 Å². The first-order chi connectivity index (χ1) is 8.58. The molecule has 0 atom stereocenters. The minimum absolute atomic E-state index is 0.137. The molecule has 1 amide bonds. The van der Waals surface area contributed by atoms with Crippen molar-refractivity contribution in [3.05, 3.63) is 11.1 Å². The summed E-state index contributed by atoms with van der Waals surface area (Å²) in [6, 6.07) is 0. The fourth-order valence-electron chi connectivity index (χ4n) is 2.25. The zero-order valence-corrected chi connectivity index (χ0v) is 11.4. The Bertz CT molecular complexity index is 460. The molecule has 1 saturated carbocycles. The Morgan fingerprint density at radius 2 is 2.06 bits per heavy atom. The summed E-state index contributed by atoms with van der Waals surface area (Å²) in [6.07, 6.45) is 1.69. The number of amides is 1. The fraction of sp³-hybridized carbons (Fsp3) is 0.667. The van der Waals surface area contributed by atoms with Crippen LogP contribution in [0.4, 0.5) is 5.13 Å². The summed E-state index contributed by atoms with van der Waals surface area (Å²) in [4.78, 5) is 20.7. The second-order valence-electron chi connectivity index (χ2n) is 5.21. The van der Waals surface area contributed by atoms with E-state index in [1.165, 1.54) is 0 Å². The number of anilines is 1. The third kappa shape index (κ3) is 2.10. The lowest BCUT2D eigenvalue weighted by Gasteiger charge is -2.35. The average molecular weight is 266 g/mol. The Kier molecular flexibility index (Phi) is 2.79. The van der Waals surface area contributed by atoms with E-state index in [9.17, 15) is 4.79 Å². The summed E-state index contributed by atoms with van der Waals surface area (Å²) in [5, 5.41) is 3.12. The monoisotopic (exact) mass is 266 g/mol. The molecule has 2 aliphatic rings. The molecule has 1 aromatic heterocycles. The van der Waals surface area contributed by atoms with Crippen LogP contribution >= 0.6 is 11.3 Å². The van der Waals surface area contributed by atoms with E-state index in [0.717, 1.165) is 49.8 Å². The van der Waals surface area contributed by atoms with E-state index in [1.807, 2.05) is 11.8 Å². The Labute approximate surface area is 111 Å². The van der Waals surface area contributed by atoms with Crippen molar-refractivity contribution < 1.29 is 4.79 Å². The molecular formula is C12H18N4OS. The van der Waals surface area contributed by atoms with E-state index in [-0.39, 0.29) is 5.91 Å². The molecule has 3 rings (SSSR count). The SMILES string of the molecule is Cc1csc(N2CCN(C(=O)C3(N)CC3)CC2)n1. The van der Waals surface area contributed by atoms with Crippen LogP contribution in [0.1, 0.15) is 18.5 Å². The Hall–Kier alpha value is -1.14. The molecule has 0 aromatic carbocycles. The molecule has 1 saturated heterocycles. The number of thiazole rings is 1. The summed E-state index contributed by atoms with van der Waals surface area (Å²) in [5.41, 5.74) is 6.49. The largest absolute Gasteiger partial charge is 0.345 e. The van der Waals surface area contributed by atoms with Crippen molar-refractivity contribution in [2.24, 2.45) is 5.73 Å². The van der Waals surface area contributed by atoms with Crippen LogP contribution in [0.5, 0.6) is 0 Å². The molecule has 0 spiro atoms. The van der Waals surface area contributed by atoms with Gasteiger partial charge in [0.05, 0.1) is 11.2 Å². The van der Waals surface area contributed by atoms with Crippen molar-refractivity contribution in [3.63, 3.8) is 0 Å². The predicted molar refractivity (Wildman–Crippen MR) is 71.8 cm³/mol. The van der Waals surface area contributed by atoms with Gasteiger partial charge in [-0.15, -0.1) is 11.3 Å². The second-order valence-corrected chi connectivity index (χ2v) is 6.04. The summed E-state index contributed by atoms with van der Waals surface area (Å²) >= 11 is 1.67. The first-order valence-corrected chi connectivity index (χ1v) is 7.22. The lowest BCUT2D eigenvalue weighted by Crippen LogP contribution is -2.54. The molecule has 2 N–H and O–H groups in total. The van der Waals surface area contributed by atoms with Crippen molar-refractivity contribution in [1.29, 1.82) is 0 Å². The highest BCUT2D eigenvalue weighted by molar-refractivity contribution is 7.13. The Morgan fingerprint density at radius 1 is 1.39 bits per heavy atom. The molecular weight excluding hydrogens is 248 g/mol.